The molecule has 0 aliphatic carbocycles. The number of fused-ring (bicyclic) bond motifs is 1. The Hall–Kier alpha value is -3.29. The summed E-state index contributed by atoms with van der Waals surface area (Å²) in [6.45, 7) is 4.75. The molecule has 176 valence electrons. The van der Waals surface area contributed by atoms with Crippen molar-refractivity contribution in [2.24, 2.45) is 0 Å². The molecule has 0 unspecified atom stereocenters. The second-order valence-corrected chi connectivity index (χ2v) is 9.47. The molecule has 2 aromatic carbocycles. The number of amides is 1. The molecule has 6 nitrogen and oxygen atoms in total. The lowest BCUT2D eigenvalue weighted by atomic mass is 10.1. The van der Waals surface area contributed by atoms with Crippen LogP contribution >= 0.6 is 11.3 Å². The van der Waals surface area contributed by atoms with Crippen LogP contribution in [-0.4, -0.2) is 40.5 Å². The molecule has 1 amide bonds. The van der Waals surface area contributed by atoms with E-state index in [9.17, 15) is 9.59 Å². The minimum absolute atomic E-state index is 0.0539. The normalized spacial score (nSPS) is 11.3. The number of nitrogens with one attached hydrogen (secondary N) is 1. The Bertz CT molecular complexity index is 1300. The number of benzene rings is 2. The number of rotatable bonds is 10. The first-order valence-corrected chi connectivity index (χ1v) is 12.4. The number of hydrogen-bond donors (Lipinski definition) is 1. The van der Waals surface area contributed by atoms with Crippen LogP contribution < -0.4 is 10.9 Å². The Morgan fingerprint density at radius 2 is 1.88 bits per heavy atom. The van der Waals surface area contributed by atoms with Crippen LogP contribution in [0.5, 0.6) is 0 Å². The fourth-order valence-electron chi connectivity index (χ4n) is 3.93. The fourth-order valence-corrected chi connectivity index (χ4v) is 4.84. The van der Waals surface area contributed by atoms with Gasteiger partial charge in [0.2, 0.25) is 5.91 Å². The van der Waals surface area contributed by atoms with Gasteiger partial charge in [-0.05, 0) is 38.1 Å². The van der Waals surface area contributed by atoms with Crippen molar-refractivity contribution in [3.8, 4) is 11.1 Å². The highest BCUT2D eigenvalue weighted by atomic mass is 32.1. The Labute approximate surface area is 203 Å². The fraction of sp³-hybridized carbons (Fsp3) is 0.296. The third-order valence-corrected chi connectivity index (χ3v) is 6.72. The zero-order valence-corrected chi connectivity index (χ0v) is 20.5. The molecule has 0 fully saturated rings. The molecule has 0 radical (unpaired) electrons. The Balaban J connectivity index is 1.29. The smallest absolute Gasteiger partial charge is 0.262 e. The minimum Gasteiger partial charge on any atom is -0.356 e. The zero-order valence-electron chi connectivity index (χ0n) is 19.7. The summed E-state index contributed by atoms with van der Waals surface area (Å²) >= 11 is 1.47. The number of hydrogen-bond acceptors (Lipinski definition) is 5. The van der Waals surface area contributed by atoms with Gasteiger partial charge in [0, 0.05) is 37.0 Å². The molecule has 0 spiro atoms. The van der Waals surface area contributed by atoms with Gasteiger partial charge in [0.15, 0.2) is 0 Å². The average molecular weight is 475 g/mol. The molecule has 0 atom stereocenters. The van der Waals surface area contributed by atoms with Crippen molar-refractivity contribution in [3.05, 3.63) is 87.8 Å². The first-order valence-electron chi connectivity index (χ1n) is 11.5. The number of carbonyl (C=O) groups is 1. The van der Waals surface area contributed by atoms with Gasteiger partial charge in [-0.3, -0.25) is 14.2 Å². The third-order valence-electron chi connectivity index (χ3n) is 5.84. The zero-order chi connectivity index (χ0) is 23.9. The summed E-state index contributed by atoms with van der Waals surface area (Å²) < 4.78 is 1.54. The molecule has 0 saturated carbocycles. The van der Waals surface area contributed by atoms with Crippen LogP contribution in [-0.2, 0) is 17.9 Å². The number of aromatic nitrogens is 2. The predicted molar refractivity (Wildman–Crippen MR) is 139 cm³/mol. The molecule has 2 heterocycles. The standard InChI is InChI=1S/C27H30N4O2S/c1-20-9-11-22(12-10-20)23-18-34-26-25(23)27(33)31(19-29-26)16-13-24(32)28-14-6-15-30(2)17-21-7-4-3-5-8-21/h3-5,7-12,18-19H,6,13-17H2,1-2H3,(H,28,32). The monoisotopic (exact) mass is 474 g/mol. The summed E-state index contributed by atoms with van der Waals surface area (Å²) in [6, 6.07) is 18.5. The molecule has 34 heavy (non-hydrogen) atoms. The average Bonchev–Trinajstić information content (AvgIpc) is 3.27. The SMILES string of the molecule is Cc1ccc(-c2csc3ncn(CCC(=O)NCCCN(C)Cc4ccccc4)c(=O)c23)cc1. The van der Waals surface area contributed by atoms with Crippen LogP contribution in [0.4, 0.5) is 0 Å². The molecule has 0 aliphatic heterocycles. The maximum absolute atomic E-state index is 13.1. The van der Waals surface area contributed by atoms with Crippen molar-refractivity contribution >= 4 is 27.5 Å². The first kappa shape index (κ1) is 23.9. The third kappa shape index (κ3) is 5.98. The molecule has 1 N–H and O–H groups in total. The highest BCUT2D eigenvalue weighted by Gasteiger charge is 2.14. The Morgan fingerprint density at radius 3 is 2.65 bits per heavy atom. The van der Waals surface area contributed by atoms with Crippen molar-refractivity contribution in [3.63, 3.8) is 0 Å². The van der Waals surface area contributed by atoms with E-state index in [0.717, 1.165) is 35.5 Å². The van der Waals surface area contributed by atoms with Gasteiger partial charge in [0.1, 0.15) is 4.83 Å². The summed E-state index contributed by atoms with van der Waals surface area (Å²) in [5.74, 6) is -0.0539. The van der Waals surface area contributed by atoms with E-state index in [1.165, 1.54) is 22.5 Å². The predicted octanol–water partition coefficient (Wildman–Crippen LogP) is 4.46. The Kier molecular flexibility index (Phi) is 7.87. The van der Waals surface area contributed by atoms with Crippen molar-refractivity contribution in [2.75, 3.05) is 20.1 Å². The van der Waals surface area contributed by atoms with Gasteiger partial charge in [0.25, 0.3) is 5.56 Å². The largest absolute Gasteiger partial charge is 0.356 e. The molecular weight excluding hydrogens is 444 g/mol. The molecule has 4 aromatic rings. The van der Waals surface area contributed by atoms with Gasteiger partial charge >= 0.3 is 0 Å². The van der Waals surface area contributed by atoms with Crippen LogP contribution in [0.2, 0.25) is 0 Å². The summed E-state index contributed by atoms with van der Waals surface area (Å²) in [6.07, 6.45) is 2.67. The van der Waals surface area contributed by atoms with E-state index >= 15 is 0 Å². The summed E-state index contributed by atoms with van der Waals surface area (Å²) in [7, 11) is 2.08. The van der Waals surface area contributed by atoms with E-state index in [-0.39, 0.29) is 17.9 Å². The van der Waals surface area contributed by atoms with Gasteiger partial charge in [-0.15, -0.1) is 11.3 Å². The van der Waals surface area contributed by atoms with Crippen molar-refractivity contribution in [2.45, 2.75) is 32.9 Å². The van der Waals surface area contributed by atoms with Gasteiger partial charge < -0.3 is 10.2 Å². The van der Waals surface area contributed by atoms with Gasteiger partial charge in [0.05, 0.1) is 11.7 Å². The molecule has 7 heteroatoms. The summed E-state index contributed by atoms with van der Waals surface area (Å²) in [5.41, 5.74) is 4.26. The first-order chi connectivity index (χ1) is 16.5. The minimum atomic E-state index is -0.0999. The van der Waals surface area contributed by atoms with Crippen LogP contribution in [0.3, 0.4) is 0 Å². The molecule has 0 aliphatic rings. The Morgan fingerprint density at radius 1 is 1.12 bits per heavy atom. The highest BCUT2D eigenvalue weighted by molar-refractivity contribution is 7.17. The number of thiophene rings is 1. The lowest BCUT2D eigenvalue weighted by Crippen LogP contribution is -2.30. The van der Waals surface area contributed by atoms with Crippen LogP contribution in [0.25, 0.3) is 21.3 Å². The highest BCUT2D eigenvalue weighted by Crippen LogP contribution is 2.30. The molecule has 0 bridgehead atoms. The molecule has 4 rings (SSSR count). The lowest BCUT2D eigenvalue weighted by molar-refractivity contribution is -0.121. The van der Waals surface area contributed by atoms with E-state index in [2.05, 4.69) is 34.4 Å². The van der Waals surface area contributed by atoms with Crippen LogP contribution in [0, 0.1) is 6.92 Å². The molecular formula is C27H30N4O2S. The summed E-state index contributed by atoms with van der Waals surface area (Å²) in [5, 5.41) is 5.57. The van der Waals surface area contributed by atoms with E-state index in [0.29, 0.717) is 18.5 Å². The van der Waals surface area contributed by atoms with E-state index in [1.807, 2.05) is 54.8 Å². The number of nitrogens with zero attached hydrogens (tertiary/aromatic N) is 3. The van der Waals surface area contributed by atoms with Crippen LogP contribution in [0.1, 0.15) is 24.0 Å². The van der Waals surface area contributed by atoms with Gasteiger partial charge in [-0.2, -0.15) is 0 Å². The van der Waals surface area contributed by atoms with E-state index in [4.69, 9.17) is 0 Å². The molecule has 0 saturated heterocycles. The quantitative estimate of drug-likeness (QED) is 0.345. The van der Waals surface area contributed by atoms with Crippen molar-refractivity contribution in [1.82, 2.24) is 19.8 Å². The lowest BCUT2D eigenvalue weighted by Gasteiger charge is -2.16. The topological polar surface area (TPSA) is 67.2 Å². The van der Waals surface area contributed by atoms with Gasteiger partial charge in [-0.25, -0.2) is 4.98 Å². The molecule has 2 aromatic heterocycles. The van der Waals surface area contributed by atoms with Crippen molar-refractivity contribution in [1.29, 1.82) is 0 Å². The van der Waals surface area contributed by atoms with E-state index < -0.39 is 0 Å². The number of aryl methyl sites for hydroxylation is 2. The van der Waals surface area contributed by atoms with Crippen molar-refractivity contribution < 1.29 is 4.79 Å². The van der Waals surface area contributed by atoms with Crippen LogP contribution in [0.15, 0.2) is 71.1 Å². The number of carbonyl (C=O) groups excluding carboxylic acids is 1. The second kappa shape index (κ2) is 11.2. The maximum atomic E-state index is 13.1. The summed E-state index contributed by atoms with van der Waals surface area (Å²) in [4.78, 5) is 32.9. The maximum Gasteiger partial charge on any atom is 0.262 e. The van der Waals surface area contributed by atoms with E-state index in [1.54, 1.807) is 10.9 Å². The second-order valence-electron chi connectivity index (χ2n) is 8.62. The van der Waals surface area contributed by atoms with Gasteiger partial charge in [-0.1, -0.05) is 60.2 Å².